The molecule has 1 amide bonds. The monoisotopic (exact) mass is 277 g/mol. The van der Waals surface area contributed by atoms with Crippen LogP contribution < -0.4 is 16.2 Å². The van der Waals surface area contributed by atoms with Gasteiger partial charge in [-0.15, -0.1) is 0 Å². The van der Waals surface area contributed by atoms with Crippen molar-refractivity contribution in [3.8, 4) is 0 Å². The second-order valence-electron chi connectivity index (χ2n) is 5.44. The smallest absolute Gasteiger partial charge is 0.251 e. The molecule has 0 aromatic carbocycles. The molecule has 5 heteroatoms. The summed E-state index contributed by atoms with van der Waals surface area (Å²) in [5.74, 6) is -0.144. The highest BCUT2D eigenvalue weighted by molar-refractivity contribution is 5.94. The van der Waals surface area contributed by atoms with E-state index in [1.165, 1.54) is 10.6 Å². The van der Waals surface area contributed by atoms with E-state index in [0.29, 0.717) is 11.6 Å². The maximum absolute atomic E-state index is 12.1. The Hall–Kier alpha value is -1.62. The van der Waals surface area contributed by atoms with Gasteiger partial charge in [-0.25, -0.2) is 0 Å². The predicted molar refractivity (Wildman–Crippen MR) is 78.9 cm³/mol. The number of aryl methyl sites for hydroxylation is 1. The molecule has 0 aliphatic heterocycles. The Morgan fingerprint density at radius 2 is 1.95 bits per heavy atom. The van der Waals surface area contributed by atoms with E-state index in [1.807, 2.05) is 0 Å². The highest BCUT2D eigenvalue weighted by Gasteiger charge is 2.22. The summed E-state index contributed by atoms with van der Waals surface area (Å²) in [6.07, 6.45) is 5.80. The van der Waals surface area contributed by atoms with Crippen LogP contribution in [0.2, 0.25) is 0 Å². The molecule has 20 heavy (non-hydrogen) atoms. The van der Waals surface area contributed by atoms with Gasteiger partial charge in [0.2, 0.25) is 0 Å². The van der Waals surface area contributed by atoms with Gasteiger partial charge in [-0.3, -0.25) is 9.59 Å². The van der Waals surface area contributed by atoms with Crippen molar-refractivity contribution < 1.29 is 4.79 Å². The van der Waals surface area contributed by atoms with Crippen LogP contribution in [0, 0.1) is 0 Å². The highest BCUT2D eigenvalue weighted by Crippen LogP contribution is 2.18. The zero-order chi connectivity index (χ0) is 14.5. The Morgan fingerprint density at radius 1 is 1.30 bits per heavy atom. The first-order chi connectivity index (χ1) is 9.60. The van der Waals surface area contributed by atoms with Gasteiger partial charge in [0, 0.05) is 37.0 Å². The van der Waals surface area contributed by atoms with E-state index >= 15 is 0 Å². The summed E-state index contributed by atoms with van der Waals surface area (Å²) in [7, 11) is 1.67. The SMILES string of the molecule is CCNC1CCC(NC(=O)c2ccn(C)c(=O)c2)CC1. The van der Waals surface area contributed by atoms with Crippen LogP contribution in [0.1, 0.15) is 43.0 Å². The van der Waals surface area contributed by atoms with Gasteiger partial charge in [-0.2, -0.15) is 0 Å². The number of carbonyl (C=O) groups excluding carboxylic acids is 1. The molecule has 110 valence electrons. The first kappa shape index (κ1) is 14.8. The van der Waals surface area contributed by atoms with E-state index in [4.69, 9.17) is 0 Å². The van der Waals surface area contributed by atoms with Crippen LogP contribution in [0.4, 0.5) is 0 Å². The van der Waals surface area contributed by atoms with E-state index in [1.54, 1.807) is 19.3 Å². The molecular weight excluding hydrogens is 254 g/mol. The minimum atomic E-state index is -0.159. The minimum absolute atomic E-state index is 0.144. The van der Waals surface area contributed by atoms with Gasteiger partial charge in [0.1, 0.15) is 0 Å². The third kappa shape index (κ3) is 3.70. The maximum atomic E-state index is 12.1. The fourth-order valence-electron chi connectivity index (χ4n) is 2.69. The van der Waals surface area contributed by atoms with Crippen LogP contribution in [-0.4, -0.2) is 29.1 Å². The average molecular weight is 277 g/mol. The van der Waals surface area contributed by atoms with Crippen LogP contribution in [0.3, 0.4) is 0 Å². The molecule has 5 nitrogen and oxygen atoms in total. The van der Waals surface area contributed by atoms with Crippen molar-refractivity contribution >= 4 is 5.91 Å². The number of hydrogen-bond donors (Lipinski definition) is 2. The van der Waals surface area contributed by atoms with E-state index in [-0.39, 0.29) is 17.5 Å². The summed E-state index contributed by atoms with van der Waals surface area (Å²) in [4.78, 5) is 23.6. The molecule has 1 aliphatic carbocycles. The Bertz CT molecular complexity index is 516. The number of amides is 1. The fraction of sp³-hybridized carbons (Fsp3) is 0.600. The Morgan fingerprint density at radius 3 is 2.55 bits per heavy atom. The number of pyridine rings is 1. The highest BCUT2D eigenvalue weighted by atomic mass is 16.2. The van der Waals surface area contributed by atoms with Gasteiger partial charge in [-0.1, -0.05) is 6.92 Å². The average Bonchev–Trinajstić information content (AvgIpc) is 2.44. The van der Waals surface area contributed by atoms with Gasteiger partial charge >= 0.3 is 0 Å². The van der Waals surface area contributed by atoms with Crippen molar-refractivity contribution in [3.05, 3.63) is 34.2 Å². The number of nitrogens with one attached hydrogen (secondary N) is 2. The number of carbonyl (C=O) groups is 1. The third-order valence-corrected chi connectivity index (χ3v) is 3.92. The van der Waals surface area contributed by atoms with Crippen molar-refractivity contribution in [2.75, 3.05) is 6.54 Å². The first-order valence-corrected chi connectivity index (χ1v) is 7.31. The summed E-state index contributed by atoms with van der Waals surface area (Å²) in [6.45, 7) is 3.11. The summed E-state index contributed by atoms with van der Waals surface area (Å²) in [5, 5.41) is 6.48. The summed E-state index contributed by atoms with van der Waals surface area (Å²) < 4.78 is 1.46. The van der Waals surface area contributed by atoms with Crippen LogP contribution in [-0.2, 0) is 7.05 Å². The van der Waals surface area contributed by atoms with Gasteiger partial charge in [0.05, 0.1) is 0 Å². The lowest BCUT2D eigenvalue weighted by atomic mass is 9.91. The summed E-state index contributed by atoms with van der Waals surface area (Å²) in [5.41, 5.74) is 0.287. The van der Waals surface area contributed by atoms with Crippen molar-refractivity contribution in [1.82, 2.24) is 15.2 Å². The van der Waals surface area contributed by atoms with Gasteiger partial charge in [-0.05, 0) is 38.3 Å². The van der Waals surface area contributed by atoms with Gasteiger partial charge in [0.15, 0.2) is 0 Å². The van der Waals surface area contributed by atoms with Crippen LogP contribution in [0.15, 0.2) is 23.1 Å². The molecule has 1 aliphatic rings. The second-order valence-corrected chi connectivity index (χ2v) is 5.44. The van der Waals surface area contributed by atoms with E-state index in [0.717, 1.165) is 32.2 Å². The molecule has 1 saturated carbocycles. The number of rotatable bonds is 4. The van der Waals surface area contributed by atoms with E-state index in [9.17, 15) is 9.59 Å². The lowest BCUT2D eigenvalue weighted by Crippen LogP contribution is -2.42. The number of nitrogens with zero attached hydrogens (tertiary/aromatic N) is 1. The molecule has 0 radical (unpaired) electrons. The molecule has 2 N–H and O–H groups in total. The molecule has 0 bridgehead atoms. The lowest BCUT2D eigenvalue weighted by Gasteiger charge is -2.29. The topological polar surface area (TPSA) is 63.1 Å². The van der Waals surface area contributed by atoms with Crippen molar-refractivity contribution in [1.29, 1.82) is 0 Å². The molecule has 0 spiro atoms. The zero-order valence-corrected chi connectivity index (χ0v) is 12.2. The maximum Gasteiger partial charge on any atom is 0.251 e. The zero-order valence-electron chi connectivity index (χ0n) is 12.2. The Balaban J connectivity index is 1.89. The van der Waals surface area contributed by atoms with Crippen molar-refractivity contribution in [2.24, 2.45) is 7.05 Å². The van der Waals surface area contributed by atoms with Gasteiger partial charge in [0.25, 0.3) is 11.5 Å². The molecular formula is C15H23N3O2. The molecule has 0 unspecified atom stereocenters. The molecule has 0 saturated heterocycles. The summed E-state index contributed by atoms with van der Waals surface area (Å²) >= 11 is 0. The van der Waals surface area contributed by atoms with Crippen LogP contribution >= 0.6 is 0 Å². The predicted octanol–water partition coefficient (Wildman–Crippen LogP) is 1.04. The number of aromatic nitrogens is 1. The quantitative estimate of drug-likeness (QED) is 0.864. The molecule has 0 atom stereocenters. The lowest BCUT2D eigenvalue weighted by molar-refractivity contribution is 0.0924. The van der Waals surface area contributed by atoms with E-state index in [2.05, 4.69) is 17.6 Å². The second kappa shape index (κ2) is 6.70. The van der Waals surface area contributed by atoms with Gasteiger partial charge < -0.3 is 15.2 Å². The third-order valence-electron chi connectivity index (χ3n) is 3.92. The van der Waals surface area contributed by atoms with Crippen LogP contribution in [0.5, 0.6) is 0 Å². The number of hydrogen-bond acceptors (Lipinski definition) is 3. The molecule has 1 fully saturated rings. The normalized spacial score (nSPS) is 22.5. The van der Waals surface area contributed by atoms with Crippen LogP contribution in [0.25, 0.3) is 0 Å². The molecule has 1 heterocycles. The van der Waals surface area contributed by atoms with Crippen molar-refractivity contribution in [2.45, 2.75) is 44.7 Å². The van der Waals surface area contributed by atoms with E-state index < -0.39 is 0 Å². The molecule has 1 aromatic heterocycles. The first-order valence-electron chi connectivity index (χ1n) is 7.31. The summed E-state index contributed by atoms with van der Waals surface area (Å²) in [6, 6.07) is 3.87. The largest absolute Gasteiger partial charge is 0.349 e. The minimum Gasteiger partial charge on any atom is -0.349 e. The standard InChI is InChI=1S/C15H23N3O2/c1-3-16-12-4-6-13(7-5-12)17-15(20)11-8-9-18(2)14(19)10-11/h8-10,12-13,16H,3-7H2,1-2H3,(H,17,20). The fourth-order valence-corrected chi connectivity index (χ4v) is 2.69. The molecule has 2 rings (SSSR count). The Labute approximate surface area is 119 Å². The molecule has 1 aromatic rings. The Kier molecular flexibility index (Phi) is 4.95. The van der Waals surface area contributed by atoms with Crippen molar-refractivity contribution in [3.63, 3.8) is 0 Å².